The first-order valence-corrected chi connectivity index (χ1v) is 10.4. The summed E-state index contributed by atoms with van der Waals surface area (Å²) in [6, 6.07) is 11.3. The Hall–Kier alpha value is -2.38. The smallest absolute Gasteiger partial charge is 0.214 e. The molecule has 1 atom stereocenters. The lowest BCUT2D eigenvalue weighted by Gasteiger charge is -2.40. The first kappa shape index (κ1) is 21.3. The van der Waals surface area contributed by atoms with Crippen molar-refractivity contribution in [3.05, 3.63) is 53.2 Å². The Kier molecular flexibility index (Phi) is 7.66. The van der Waals surface area contributed by atoms with Crippen LogP contribution < -0.4 is 10.6 Å². The molecule has 3 rings (SSSR count). The van der Waals surface area contributed by atoms with E-state index in [2.05, 4.69) is 67.8 Å². The fourth-order valence-electron chi connectivity index (χ4n) is 3.70. The molecule has 2 N–H and O–H groups in total. The highest BCUT2D eigenvalue weighted by Crippen LogP contribution is 2.24. The van der Waals surface area contributed by atoms with Crippen molar-refractivity contribution in [1.29, 1.82) is 0 Å². The third kappa shape index (κ3) is 6.05. The van der Waals surface area contributed by atoms with E-state index in [4.69, 9.17) is 4.42 Å². The first-order valence-electron chi connectivity index (χ1n) is 10.4. The van der Waals surface area contributed by atoms with Crippen molar-refractivity contribution in [3.8, 4) is 0 Å². The van der Waals surface area contributed by atoms with E-state index < -0.39 is 0 Å². The molecule has 1 saturated heterocycles. The fourth-order valence-corrected chi connectivity index (χ4v) is 3.70. The number of aromatic nitrogens is 1. The molecule has 1 aliphatic heterocycles. The van der Waals surface area contributed by atoms with E-state index in [0.717, 1.165) is 56.6 Å². The van der Waals surface area contributed by atoms with Crippen LogP contribution in [0.3, 0.4) is 0 Å². The van der Waals surface area contributed by atoms with Gasteiger partial charge in [-0.1, -0.05) is 30.3 Å². The SMILES string of the molecule is CN=C(NCCCN1CCN(C)CC1c1ccccc1)NCc1nc(C)c(C)o1. The van der Waals surface area contributed by atoms with Gasteiger partial charge < -0.3 is 20.0 Å². The average molecular weight is 399 g/mol. The highest BCUT2D eigenvalue weighted by Gasteiger charge is 2.25. The molecule has 0 saturated carbocycles. The molecule has 1 fully saturated rings. The van der Waals surface area contributed by atoms with E-state index in [1.165, 1.54) is 5.56 Å². The van der Waals surface area contributed by atoms with Gasteiger partial charge in [-0.2, -0.15) is 0 Å². The predicted molar refractivity (Wildman–Crippen MR) is 117 cm³/mol. The molecule has 1 aromatic carbocycles. The van der Waals surface area contributed by atoms with Gasteiger partial charge in [0.1, 0.15) is 5.76 Å². The summed E-state index contributed by atoms with van der Waals surface area (Å²) in [7, 11) is 3.99. The van der Waals surface area contributed by atoms with Gasteiger partial charge in [0, 0.05) is 45.8 Å². The van der Waals surface area contributed by atoms with Gasteiger partial charge in [0.2, 0.25) is 5.89 Å². The molecule has 158 valence electrons. The average Bonchev–Trinajstić information content (AvgIpc) is 3.06. The lowest BCUT2D eigenvalue weighted by atomic mass is 10.0. The maximum atomic E-state index is 5.61. The van der Waals surface area contributed by atoms with Gasteiger partial charge in [-0.3, -0.25) is 9.89 Å². The lowest BCUT2D eigenvalue weighted by molar-refractivity contribution is 0.0891. The summed E-state index contributed by atoms with van der Waals surface area (Å²) in [6.45, 7) is 9.66. The molecule has 0 spiro atoms. The summed E-state index contributed by atoms with van der Waals surface area (Å²) in [6.07, 6.45) is 1.06. The number of nitrogens with one attached hydrogen (secondary N) is 2. The standard InChI is InChI=1S/C22H34N6O/c1-17-18(2)29-21(26-17)15-25-22(23-3)24-11-8-12-28-14-13-27(4)16-20(28)19-9-6-5-7-10-19/h5-7,9-10,20H,8,11-16H2,1-4H3,(H2,23,24,25). The normalized spacial score (nSPS) is 18.8. The van der Waals surface area contributed by atoms with Crippen molar-refractivity contribution in [3.63, 3.8) is 0 Å². The van der Waals surface area contributed by atoms with E-state index >= 15 is 0 Å². The molecule has 7 nitrogen and oxygen atoms in total. The van der Waals surface area contributed by atoms with Crippen LogP contribution in [0, 0.1) is 13.8 Å². The third-order valence-electron chi connectivity index (χ3n) is 5.50. The molecule has 0 bridgehead atoms. The molecule has 1 aromatic heterocycles. The summed E-state index contributed by atoms with van der Waals surface area (Å²) < 4.78 is 5.61. The zero-order chi connectivity index (χ0) is 20.6. The number of likely N-dealkylation sites (N-methyl/N-ethyl adjacent to an activating group) is 1. The van der Waals surface area contributed by atoms with E-state index in [0.29, 0.717) is 18.5 Å². The van der Waals surface area contributed by atoms with Crippen molar-refractivity contribution >= 4 is 5.96 Å². The summed E-state index contributed by atoms with van der Waals surface area (Å²) in [5.74, 6) is 2.33. The number of benzene rings is 1. The highest BCUT2D eigenvalue weighted by molar-refractivity contribution is 5.79. The number of hydrogen-bond donors (Lipinski definition) is 2. The minimum Gasteiger partial charge on any atom is -0.444 e. The summed E-state index contributed by atoms with van der Waals surface area (Å²) in [4.78, 5) is 13.7. The number of aliphatic imine (C=N–C) groups is 1. The molecule has 2 aromatic rings. The Morgan fingerprint density at radius 1 is 1.21 bits per heavy atom. The molecule has 29 heavy (non-hydrogen) atoms. The summed E-state index contributed by atoms with van der Waals surface area (Å²) in [5, 5.41) is 6.66. The van der Waals surface area contributed by atoms with Gasteiger partial charge in [-0.15, -0.1) is 0 Å². The molecule has 2 heterocycles. The number of oxazole rings is 1. The zero-order valence-corrected chi connectivity index (χ0v) is 18.1. The van der Waals surface area contributed by atoms with Crippen LogP contribution >= 0.6 is 0 Å². The Morgan fingerprint density at radius 2 is 2.00 bits per heavy atom. The molecule has 1 unspecified atom stereocenters. The van der Waals surface area contributed by atoms with Crippen molar-refractivity contribution in [2.75, 3.05) is 46.8 Å². The van der Waals surface area contributed by atoms with Gasteiger partial charge in [0.25, 0.3) is 0 Å². The summed E-state index contributed by atoms with van der Waals surface area (Å²) in [5.41, 5.74) is 2.34. The topological polar surface area (TPSA) is 68.9 Å². The maximum absolute atomic E-state index is 5.61. The van der Waals surface area contributed by atoms with Crippen molar-refractivity contribution in [1.82, 2.24) is 25.4 Å². The predicted octanol–water partition coefficient (Wildman–Crippen LogP) is 2.34. The van der Waals surface area contributed by atoms with Gasteiger partial charge in [-0.25, -0.2) is 4.98 Å². The Labute approximate surface area is 174 Å². The number of guanidine groups is 1. The second kappa shape index (κ2) is 10.4. The highest BCUT2D eigenvalue weighted by atomic mass is 16.4. The number of aryl methyl sites for hydroxylation is 2. The van der Waals surface area contributed by atoms with Crippen LogP contribution in [0.5, 0.6) is 0 Å². The Bertz CT molecular complexity index is 768. The van der Waals surface area contributed by atoms with Gasteiger partial charge >= 0.3 is 0 Å². The van der Waals surface area contributed by atoms with Gasteiger partial charge in [0.05, 0.1) is 12.2 Å². The molecule has 0 aliphatic carbocycles. The third-order valence-corrected chi connectivity index (χ3v) is 5.50. The van der Waals surface area contributed by atoms with Crippen LogP contribution in [0.1, 0.15) is 35.4 Å². The second-order valence-corrected chi connectivity index (χ2v) is 7.68. The van der Waals surface area contributed by atoms with Crippen LogP contribution in [-0.2, 0) is 6.54 Å². The van der Waals surface area contributed by atoms with Crippen LogP contribution in [-0.4, -0.2) is 67.6 Å². The quantitative estimate of drug-likeness (QED) is 0.424. The Morgan fingerprint density at radius 3 is 2.69 bits per heavy atom. The molecule has 7 heteroatoms. The number of hydrogen-bond acceptors (Lipinski definition) is 5. The molecule has 0 radical (unpaired) electrons. The van der Waals surface area contributed by atoms with Crippen LogP contribution in [0.4, 0.5) is 0 Å². The van der Waals surface area contributed by atoms with Gasteiger partial charge in [-0.05, 0) is 32.9 Å². The molecular weight excluding hydrogens is 364 g/mol. The number of piperazine rings is 1. The summed E-state index contributed by atoms with van der Waals surface area (Å²) >= 11 is 0. The minimum atomic E-state index is 0.462. The first-order chi connectivity index (χ1) is 14.1. The van der Waals surface area contributed by atoms with Crippen molar-refractivity contribution in [2.24, 2.45) is 4.99 Å². The van der Waals surface area contributed by atoms with Crippen molar-refractivity contribution < 1.29 is 4.42 Å². The van der Waals surface area contributed by atoms with Gasteiger partial charge in [0.15, 0.2) is 5.96 Å². The van der Waals surface area contributed by atoms with Crippen LogP contribution in [0.25, 0.3) is 0 Å². The lowest BCUT2D eigenvalue weighted by Crippen LogP contribution is -2.47. The maximum Gasteiger partial charge on any atom is 0.214 e. The minimum absolute atomic E-state index is 0.462. The second-order valence-electron chi connectivity index (χ2n) is 7.68. The number of rotatable bonds is 7. The van der Waals surface area contributed by atoms with E-state index in [1.54, 1.807) is 7.05 Å². The monoisotopic (exact) mass is 398 g/mol. The Balaban J connectivity index is 1.44. The largest absolute Gasteiger partial charge is 0.444 e. The number of nitrogens with zero attached hydrogens (tertiary/aromatic N) is 4. The van der Waals surface area contributed by atoms with E-state index in [-0.39, 0.29) is 0 Å². The van der Waals surface area contributed by atoms with Crippen LogP contribution in [0.15, 0.2) is 39.7 Å². The molecule has 1 aliphatic rings. The van der Waals surface area contributed by atoms with Crippen LogP contribution in [0.2, 0.25) is 0 Å². The van der Waals surface area contributed by atoms with E-state index in [1.807, 2.05) is 13.8 Å². The molecule has 0 amide bonds. The zero-order valence-electron chi connectivity index (χ0n) is 18.1. The van der Waals surface area contributed by atoms with Crippen molar-refractivity contribution in [2.45, 2.75) is 32.9 Å². The molecular formula is C22H34N6O. The van der Waals surface area contributed by atoms with E-state index in [9.17, 15) is 0 Å². The fraction of sp³-hybridized carbons (Fsp3) is 0.545.